The zero-order valence-corrected chi connectivity index (χ0v) is 13.5. The molecule has 0 bridgehead atoms. The molecule has 3 nitrogen and oxygen atoms in total. The van der Waals surface area contributed by atoms with Crippen LogP contribution in [0.3, 0.4) is 0 Å². The number of hydrogen-bond donors (Lipinski definition) is 1. The lowest BCUT2D eigenvalue weighted by Gasteiger charge is -2.18. The zero-order chi connectivity index (χ0) is 14.6. The first-order valence-electron chi connectivity index (χ1n) is 8.17. The van der Waals surface area contributed by atoms with Gasteiger partial charge in [0.25, 0.3) is 0 Å². The predicted octanol–water partition coefficient (Wildman–Crippen LogP) is 3.91. The molecule has 0 aromatic carbocycles. The third-order valence-corrected chi connectivity index (χ3v) is 3.54. The van der Waals surface area contributed by atoms with E-state index in [-0.39, 0.29) is 0 Å². The van der Waals surface area contributed by atoms with Crippen molar-refractivity contribution in [3.63, 3.8) is 0 Å². The quantitative estimate of drug-likeness (QED) is 0.588. The average Bonchev–Trinajstić information content (AvgIpc) is 2.93. The molecule has 0 aliphatic heterocycles. The summed E-state index contributed by atoms with van der Waals surface area (Å²) < 4.78 is 5.41. The van der Waals surface area contributed by atoms with E-state index in [1.54, 1.807) is 6.26 Å². The maximum atomic E-state index is 5.41. The van der Waals surface area contributed by atoms with Gasteiger partial charge in [0, 0.05) is 0 Å². The van der Waals surface area contributed by atoms with E-state index in [0.717, 1.165) is 31.3 Å². The number of hydrogen-bond acceptors (Lipinski definition) is 3. The van der Waals surface area contributed by atoms with E-state index in [4.69, 9.17) is 4.42 Å². The SMILES string of the molecule is CCN(CCCCCCNCC(C)C)Cc1ccco1. The van der Waals surface area contributed by atoms with Gasteiger partial charge in [0.15, 0.2) is 0 Å². The van der Waals surface area contributed by atoms with Crippen LogP contribution in [0.5, 0.6) is 0 Å². The predicted molar refractivity (Wildman–Crippen MR) is 85.8 cm³/mol. The number of nitrogens with zero attached hydrogens (tertiary/aromatic N) is 1. The van der Waals surface area contributed by atoms with Crippen molar-refractivity contribution in [1.29, 1.82) is 0 Å². The minimum Gasteiger partial charge on any atom is -0.468 e. The summed E-state index contributed by atoms with van der Waals surface area (Å²) in [6.07, 6.45) is 7.02. The molecule has 1 aromatic heterocycles. The monoisotopic (exact) mass is 280 g/mol. The molecule has 1 N–H and O–H groups in total. The van der Waals surface area contributed by atoms with E-state index in [0.29, 0.717) is 0 Å². The summed E-state index contributed by atoms with van der Waals surface area (Å²) >= 11 is 0. The summed E-state index contributed by atoms with van der Waals surface area (Å²) in [7, 11) is 0. The molecule has 0 aliphatic carbocycles. The Labute approximate surface area is 124 Å². The molecule has 0 spiro atoms. The lowest BCUT2D eigenvalue weighted by Crippen LogP contribution is -2.24. The second kappa shape index (κ2) is 10.9. The molecule has 3 heteroatoms. The van der Waals surface area contributed by atoms with Crippen molar-refractivity contribution in [2.24, 2.45) is 5.92 Å². The fraction of sp³-hybridized carbons (Fsp3) is 0.765. The van der Waals surface area contributed by atoms with E-state index in [1.165, 1.54) is 38.8 Å². The molecule has 0 amide bonds. The van der Waals surface area contributed by atoms with Crippen LogP contribution in [0, 0.1) is 5.92 Å². The van der Waals surface area contributed by atoms with Crippen molar-refractivity contribution in [2.75, 3.05) is 26.2 Å². The fourth-order valence-electron chi connectivity index (χ4n) is 2.30. The lowest BCUT2D eigenvalue weighted by atomic mass is 10.1. The molecule has 0 aliphatic rings. The Balaban J connectivity index is 1.96. The topological polar surface area (TPSA) is 28.4 Å². The Morgan fingerprint density at radius 2 is 2.00 bits per heavy atom. The summed E-state index contributed by atoms with van der Waals surface area (Å²) in [5.41, 5.74) is 0. The van der Waals surface area contributed by atoms with Crippen molar-refractivity contribution in [3.8, 4) is 0 Å². The van der Waals surface area contributed by atoms with Gasteiger partial charge in [0.1, 0.15) is 5.76 Å². The Kier molecular flexibility index (Phi) is 9.42. The summed E-state index contributed by atoms with van der Waals surface area (Å²) in [6.45, 7) is 12.3. The minimum absolute atomic E-state index is 0.759. The fourth-order valence-corrected chi connectivity index (χ4v) is 2.30. The molecule has 0 saturated heterocycles. The average molecular weight is 280 g/mol. The van der Waals surface area contributed by atoms with E-state index < -0.39 is 0 Å². The number of unbranched alkanes of at least 4 members (excludes halogenated alkanes) is 3. The van der Waals surface area contributed by atoms with Gasteiger partial charge in [-0.1, -0.05) is 33.6 Å². The molecule has 116 valence electrons. The van der Waals surface area contributed by atoms with Gasteiger partial charge in [-0.15, -0.1) is 0 Å². The first-order valence-corrected chi connectivity index (χ1v) is 8.17. The summed E-state index contributed by atoms with van der Waals surface area (Å²) in [4.78, 5) is 2.45. The molecule has 1 heterocycles. The van der Waals surface area contributed by atoms with Crippen LogP contribution in [0.25, 0.3) is 0 Å². The Hall–Kier alpha value is -0.800. The first kappa shape index (κ1) is 17.3. The minimum atomic E-state index is 0.759. The zero-order valence-electron chi connectivity index (χ0n) is 13.5. The van der Waals surface area contributed by atoms with E-state index >= 15 is 0 Å². The molecular weight excluding hydrogens is 248 g/mol. The van der Waals surface area contributed by atoms with Crippen LogP contribution in [0.4, 0.5) is 0 Å². The van der Waals surface area contributed by atoms with Gasteiger partial charge in [-0.3, -0.25) is 4.90 Å². The van der Waals surface area contributed by atoms with Crippen molar-refractivity contribution >= 4 is 0 Å². The van der Waals surface area contributed by atoms with Gasteiger partial charge in [0.05, 0.1) is 12.8 Å². The maximum absolute atomic E-state index is 5.41. The van der Waals surface area contributed by atoms with Gasteiger partial charge in [0.2, 0.25) is 0 Å². The van der Waals surface area contributed by atoms with Crippen LogP contribution in [-0.2, 0) is 6.54 Å². The largest absolute Gasteiger partial charge is 0.468 e. The van der Waals surface area contributed by atoms with Gasteiger partial charge in [-0.25, -0.2) is 0 Å². The summed E-state index contributed by atoms with van der Waals surface area (Å²) in [6, 6.07) is 4.02. The number of furan rings is 1. The van der Waals surface area contributed by atoms with Crippen LogP contribution < -0.4 is 5.32 Å². The lowest BCUT2D eigenvalue weighted by molar-refractivity contribution is 0.250. The van der Waals surface area contributed by atoms with Crippen molar-refractivity contribution in [3.05, 3.63) is 24.2 Å². The molecule has 0 atom stereocenters. The smallest absolute Gasteiger partial charge is 0.117 e. The molecular formula is C17H32N2O. The Bertz CT molecular complexity index is 309. The van der Waals surface area contributed by atoms with Crippen molar-refractivity contribution in [1.82, 2.24) is 10.2 Å². The van der Waals surface area contributed by atoms with E-state index in [2.05, 4.69) is 37.1 Å². The van der Waals surface area contributed by atoms with Crippen molar-refractivity contribution < 1.29 is 4.42 Å². The van der Waals surface area contributed by atoms with Crippen LogP contribution in [0.15, 0.2) is 22.8 Å². The summed E-state index contributed by atoms with van der Waals surface area (Å²) in [5.74, 6) is 1.83. The standard InChI is InChI=1S/C17H32N2O/c1-4-19(15-17-10-9-13-20-17)12-8-6-5-7-11-18-14-16(2)3/h9-10,13,16,18H,4-8,11-12,14-15H2,1-3H3. The molecule has 20 heavy (non-hydrogen) atoms. The van der Waals surface area contributed by atoms with Gasteiger partial charge in [-0.05, 0) is 57.1 Å². The number of nitrogens with one attached hydrogen (secondary N) is 1. The highest BCUT2D eigenvalue weighted by molar-refractivity contribution is 4.97. The van der Waals surface area contributed by atoms with Crippen LogP contribution in [-0.4, -0.2) is 31.1 Å². The molecule has 0 fully saturated rings. The Morgan fingerprint density at radius 3 is 2.65 bits per heavy atom. The molecule has 1 aromatic rings. The Morgan fingerprint density at radius 1 is 1.20 bits per heavy atom. The van der Waals surface area contributed by atoms with Crippen LogP contribution >= 0.6 is 0 Å². The van der Waals surface area contributed by atoms with Crippen LogP contribution in [0.1, 0.15) is 52.2 Å². The highest BCUT2D eigenvalue weighted by Gasteiger charge is 2.05. The molecule has 1 rings (SSSR count). The highest BCUT2D eigenvalue weighted by Crippen LogP contribution is 2.07. The third-order valence-electron chi connectivity index (χ3n) is 3.54. The maximum Gasteiger partial charge on any atom is 0.117 e. The van der Waals surface area contributed by atoms with Crippen molar-refractivity contribution in [2.45, 2.75) is 53.0 Å². The third kappa shape index (κ3) is 8.39. The second-order valence-electron chi connectivity index (χ2n) is 5.96. The van der Waals surface area contributed by atoms with Crippen LogP contribution in [0.2, 0.25) is 0 Å². The van der Waals surface area contributed by atoms with Gasteiger partial charge >= 0.3 is 0 Å². The molecule has 0 unspecified atom stereocenters. The normalized spacial score (nSPS) is 11.7. The second-order valence-corrected chi connectivity index (χ2v) is 5.96. The van der Waals surface area contributed by atoms with Gasteiger partial charge < -0.3 is 9.73 Å². The molecule has 0 radical (unpaired) electrons. The van der Waals surface area contributed by atoms with Gasteiger partial charge in [-0.2, -0.15) is 0 Å². The van der Waals surface area contributed by atoms with E-state index in [1.807, 2.05) is 6.07 Å². The van der Waals surface area contributed by atoms with E-state index in [9.17, 15) is 0 Å². The first-order chi connectivity index (χ1) is 9.72. The summed E-state index contributed by atoms with van der Waals surface area (Å²) in [5, 5.41) is 3.50. The highest BCUT2D eigenvalue weighted by atomic mass is 16.3. The molecule has 0 saturated carbocycles. The number of rotatable bonds is 12.